The maximum Gasteiger partial charge on any atom is 0.271 e. The van der Waals surface area contributed by atoms with Gasteiger partial charge >= 0.3 is 0 Å². The molecule has 0 bridgehead atoms. The molecule has 1 aliphatic heterocycles. The molecule has 3 heterocycles. The Kier molecular flexibility index (Phi) is 5.04. The number of allylic oxidation sites excluding steroid dienone is 1. The largest absolute Gasteiger partial charge is 0.497 e. The molecule has 5 aromatic rings. The normalized spacial score (nSPS) is 16.8. The van der Waals surface area contributed by atoms with Crippen molar-refractivity contribution in [1.82, 2.24) is 9.55 Å². The van der Waals surface area contributed by atoms with Crippen molar-refractivity contribution in [3.8, 4) is 5.75 Å². The van der Waals surface area contributed by atoms with Crippen molar-refractivity contribution < 1.29 is 4.74 Å². The van der Waals surface area contributed by atoms with Crippen LogP contribution < -0.4 is 19.6 Å². The number of hydrogen-bond acceptors (Lipinski definition) is 4. The van der Waals surface area contributed by atoms with Gasteiger partial charge in [0.2, 0.25) is 0 Å². The van der Waals surface area contributed by atoms with Gasteiger partial charge in [-0.05, 0) is 60.7 Å². The molecule has 0 spiro atoms. The van der Waals surface area contributed by atoms with Crippen LogP contribution in [0.2, 0.25) is 0 Å². The summed E-state index contributed by atoms with van der Waals surface area (Å²) in [6.07, 6.45) is 3.82. The van der Waals surface area contributed by atoms with Crippen LogP contribution in [0, 0.1) is 6.92 Å². The molecule has 37 heavy (non-hydrogen) atoms. The number of aromatic nitrogens is 2. The molecule has 0 saturated carbocycles. The fourth-order valence-electron chi connectivity index (χ4n) is 5.75. The second-order valence-corrected chi connectivity index (χ2v) is 10.6. The van der Waals surface area contributed by atoms with Crippen LogP contribution in [-0.4, -0.2) is 16.7 Å². The van der Waals surface area contributed by atoms with Gasteiger partial charge in [0.1, 0.15) is 5.75 Å². The van der Waals surface area contributed by atoms with Gasteiger partial charge in [-0.1, -0.05) is 65.9 Å². The van der Waals surface area contributed by atoms with E-state index in [9.17, 15) is 4.79 Å². The molecule has 5 nitrogen and oxygen atoms in total. The minimum Gasteiger partial charge on any atom is -0.497 e. The molecule has 182 valence electrons. The molecule has 3 aromatic carbocycles. The van der Waals surface area contributed by atoms with Gasteiger partial charge in [0.25, 0.3) is 5.56 Å². The Bertz CT molecular complexity index is 1920. The molecule has 0 unspecified atom stereocenters. The summed E-state index contributed by atoms with van der Waals surface area (Å²) in [5.74, 6) is 0.782. The van der Waals surface area contributed by atoms with E-state index >= 15 is 0 Å². The Morgan fingerprint density at radius 3 is 2.78 bits per heavy atom. The molecule has 2 aliphatic rings. The molecule has 6 heteroatoms. The van der Waals surface area contributed by atoms with Crippen LogP contribution in [0.25, 0.3) is 22.7 Å². The van der Waals surface area contributed by atoms with Crippen molar-refractivity contribution in [2.45, 2.75) is 25.8 Å². The number of aryl methyl sites for hydroxylation is 2. The summed E-state index contributed by atoms with van der Waals surface area (Å²) < 4.78 is 8.13. The lowest BCUT2D eigenvalue weighted by Crippen LogP contribution is -2.38. The van der Waals surface area contributed by atoms with E-state index in [0.717, 1.165) is 56.8 Å². The molecular formula is C31H25N3O2S. The van der Waals surface area contributed by atoms with Crippen molar-refractivity contribution in [2.24, 2.45) is 4.99 Å². The molecule has 1 aliphatic carbocycles. The van der Waals surface area contributed by atoms with E-state index in [-0.39, 0.29) is 11.6 Å². The number of hydrogen-bond donors (Lipinski definition) is 1. The summed E-state index contributed by atoms with van der Waals surface area (Å²) in [6.45, 7) is 2.05. The van der Waals surface area contributed by atoms with Crippen LogP contribution in [-0.2, 0) is 6.42 Å². The van der Waals surface area contributed by atoms with Gasteiger partial charge in [0.05, 0.1) is 23.4 Å². The zero-order chi connectivity index (χ0) is 25.1. The first-order valence-corrected chi connectivity index (χ1v) is 13.3. The zero-order valence-corrected chi connectivity index (χ0v) is 21.4. The van der Waals surface area contributed by atoms with Crippen molar-refractivity contribution in [2.75, 3.05) is 7.11 Å². The number of H-pyrrole nitrogens is 1. The number of nitrogens with one attached hydrogen (secondary N) is 1. The number of methoxy groups -OCH3 is 1. The lowest BCUT2D eigenvalue weighted by Gasteiger charge is -2.31. The zero-order valence-electron chi connectivity index (χ0n) is 20.6. The van der Waals surface area contributed by atoms with Crippen molar-refractivity contribution in [1.29, 1.82) is 0 Å². The van der Waals surface area contributed by atoms with Crippen LogP contribution >= 0.6 is 11.3 Å². The molecule has 0 radical (unpaired) electrons. The number of aromatic amines is 1. The number of rotatable bonds is 3. The summed E-state index contributed by atoms with van der Waals surface area (Å²) in [5, 5.41) is 1.11. The third kappa shape index (κ3) is 3.44. The number of nitrogens with zero attached hydrogens (tertiary/aromatic N) is 2. The Morgan fingerprint density at radius 2 is 1.89 bits per heavy atom. The van der Waals surface area contributed by atoms with E-state index in [1.165, 1.54) is 28.0 Å². The lowest BCUT2D eigenvalue weighted by molar-refractivity contribution is 0.413. The van der Waals surface area contributed by atoms with E-state index in [2.05, 4.69) is 54.4 Å². The molecule has 2 aromatic heterocycles. The molecule has 0 saturated heterocycles. The number of ether oxygens (including phenoxy) is 1. The molecular weight excluding hydrogens is 478 g/mol. The topological polar surface area (TPSA) is 59.4 Å². The lowest BCUT2D eigenvalue weighted by atomic mass is 9.83. The van der Waals surface area contributed by atoms with Crippen molar-refractivity contribution >= 4 is 34.0 Å². The van der Waals surface area contributed by atoms with Crippen LogP contribution in [0.5, 0.6) is 5.75 Å². The number of benzene rings is 3. The van der Waals surface area contributed by atoms with E-state index < -0.39 is 0 Å². The Labute approximate surface area is 217 Å². The highest BCUT2D eigenvalue weighted by atomic mass is 32.1. The minimum absolute atomic E-state index is 0.00772. The average molecular weight is 504 g/mol. The van der Waals surface area contributed by atoms with E-state index in [1.54, 1.807) is 7.11 Å². The molecule has 0 fully saturated rings. The fourth-order valence-corrected chi connectivity index (χ4v) is 6.73. The number of para-hydroxylation sites is 1. The van der Waals surface area contributed by atoms with Crippen molar-refractivity contribution in [3.63, 3.8) is 0 Å². The first kappa shape index (κ1) is 22.1. The monoisotopic (exact) mass is 503 g/mol. The van der Waals surface area contributed by atoms with Crippen LogP contribution in [0.1, 0.15) is 40.4 Å². The van der Waals surface area contributed by atoms with Gasteiger partial charge in [-0.2, -0.15) is 0 Å². The summed E-state index contributed by atoms with van der Waals surface area (Å²) in [5.41, 5.74) is 8.87. The summed E-state index contributed by atoms with van der Waals surface area (Å²) >= 11 is 1.47. The van der Waals surface area contributed by atoms with Gasteiger partial charge in [-0.25, -0.2) is 4.99 Å². The highest BCUT2D eigenvalue weighted by Gasteiger charge is 2.32. The molecule has 0 amide bonds. The van der Waals surface area contributed by atoms with Crippen molar-refractivity contribution in [3.05, 3.63) is 126 Å². The van der Waals surface area contributed by atoms with Crippen LogP contribution in [0.4, 0.5) is 0 Å². The van der Waals surface area contributed by atoms with Gasteiger partial charge in [-0.15, -0.1) is 0 Å². The van der Waals surface area contributed by atoms with Crippen LogP contribution in [0.15, 0.2) is 88.2 Å². The maximum absolute atomic E-state index is 14.1. The SMILES string of the molecule is COc1cccc([C@@H]2C3=C(N=c4s/c(=C\c5c(C)[nH]c6ccccc56)c(=O)n42)c2ccccc2CC3)c1. The first-order chi connectivity index (χ1) is 18.1. The van der Waals surface area contributed by atoms with Crippen LogP contribution in [0.3, 0.4) is 0 Å². The predicted molar refractivity (Wildman–Crippen MR) is 149 cm³/mol. The molecule has 1 N–H and O–H groups in total. The van der Waals surface area contributed by atoms with Gasteiger partial charge in [0.15, 0.2) is 4.80 Å². The first-order valence-electron chi connectivity index (χ1n) is 12.5. The third-order valence-electron chi connectivity index (χ3n) is 7.50. The number of fused-ring (bicyclic) bond motifs is 4. The highest BCUT2D eigenvalue weighted by Crippen LogP contribution is 2.41. The molecule has 7 rings (SSSR count). The predicted octanol–water partition coefficient (Wildman–Crippen LogP) is 5.12. The Balaban J connectivity index is 1.51. The Morgan fingerprint density at radius 1 is 1.05 bits per heavy atom. The molecule has 1 atom stereocenters. The third-order valence-corrected chi connectivity index (χ3v) is 8.48. The highest BCUT2D eigenvalue weighted by molar-refractivity contribution is 7.07. The fraction of sp³-hybridized carbons (Fsp3) is 0.161. The van der Waals surface area contributed by atoms with Gasteiger partial charge in [-0.3, -0.25) is 9.36 Å². The van der Waals surface area contributed by atoms with Gasteiger partial charge < -0.3 is 9.72 Å². The minimum atomic E-state index is -0.221. The van der Waals surface area contributed by atoms with E-state index in [1.807, 2.05) is 41.0 Å². The average Bonchev–Trinajstić information content (AvgIpc) is 3.42. The quantitative estimate of drug-likeness (QED) is 0.372. The van der Waals surface area contributed by atoms with E-state index in [4.69, 9.17) is 9.73 Å². The van der Waals surface area contributed by atoms with E-state index in [0.29, 0.717) is 4.53 Å². The number of thiazole rings is 1. The van der Waals surface area contributed by atoms with Gasteiger partial charge in [0, 0.05) is 27.7 Å². The second-order valence-electron chi connectivity index (χ2n) is 9.60. The standard InChI is InChI=1S/C31H25N3O2S/c1-18-25(23-12-5-6-13-26(23)32-18)17-27-30(35)34-29(20-9-7-10-21(16-20)36-2)24-15-14-19-8-3-4-11-22(19)28(24)33-31(34)37-27/h3-13,16-17,29,32H,14-15H2,1-2H3/b27-17-/t29-/m1/s1. The Hall–Kier alpha value is -4.16. The summed E-state index contributed by atoms with van der Waals surface area (Å²) in [7, 11) is 1.68. The smallest absolute Gasteiger partial charge is 0.271 e. The second kappa shape index (κ2) is 8.46. The maximum atomic E-state index is 14.1. The summed E-state index contributed by atoms with van der Waals surface area (Å²) in [6, 6.07) is 24.6. The summed E-state index contributed by atoms with van der Waals surface area (Å²) in [4.78, 5) is 23.4.